The summed E-state index contributed by atoms with van der Waals surface area (Å²) in [6.07, 6.45) is 1.13. The number of fused-ring (bicyclic) bond motifs is 1. The highest BCUT2D eigenvalue weighted by Crippen LogP contribution is 2.24. The number of ether oxygens (including phenoxy) is 2. The van der Waals surface area contributed by atoms with E-state index in [2.05, 4.69) is 17.4 Å². The van der Waals surface area contributed by atoms with Crippen molar-refractivity contribution < 1.29 is 14.3 Å². The van der Waals surface area contributed by atoms with E-state index in [4.69, 9.17) is 9.47 Å². The molecule has 3 aromatic rings. The quantitative estimate of drug-likeness (QED) is 0.569. The Bertz CT molecular complexity index is 886. The number of hydrogen-bond acceptors (Lipinski definition) is 3. The monoisotopic (exact) mass is 363 g/mol. The fourth-order valence-electron chi connectivity index (χ4n) is 2.89. The molecule has 0 fully saturated rings. The maximum absolute atomic E-state index is 11.9. The molecule has 140 valence electrons. The second-order valence-electron chi connectivity index (χ2n) is 6.44. The van der Waals surface area contributed by atoms with Crippen LogP contribution in [0.25, 0.3) is 10.8 Å². The van der Waals surface area contributed by atoms with Crippen molar-refractivity contribution in [1.82, 2.24) is 5.32 Å². The van der Waals surface area contributed by atoms with Crippen molar-refractivity contribution in [3.63, 3.8) is 0 Å². The minimum absolute atomic E-state index is 0.0179. The number of benzene rings is 3. The summed E-state index contributed by atoms with van der Waals surface area (Å²) in [7, 11) is 0. The van der Waals surface area contributed by atoms with Gasteiger partial charge in [-0.05, 0) is 42.5 Å². The van der Waals surface area contributed by atoms with Gasteiger partial charge in [0.2, 0.25) is 5.91 Å². The van der Waals surface area contributed by atoms with Gasteiger partial charge in [-0.15, -0.1) is 0 Å². The fourth-order valence-corrected chi connectivity index (χ4v) is 2.89. The van der Waals surface area contributed by atoms with Gasteiger partial charge in [0.25, 0.3) is 0 Å². The lowest BCUT2D eigenvalue weighted by atomic mass is 10.1. The molecule has 0 aliphatic heterocycles. The summed E-state index contributed by atoms with van der Waals surface area (Å²) in [4.78, 5) is 11.9. The normalized spacial score (nSPS) is 10.6. The molecule has 3 aromatic carbocycles. The molecule has 0 heterocycles. The third kappa shape index (κ3) is 5.74. The number of carbonyl (C=O) groups excluding carboxylic acids is 1. The molecule has 27 heavy (non-hydrogen) atoms. The number of aryl methyl sites for hydroxylation is 1. The number of rotatable bonds is 9. The van der Waals surface area contributed by atoms with Crippen LogP contribution in [0.15, 0.2) is 66.7 Å². The zero-order valence-electron chi connectivity index (χ0n) is 15.6. The topological polar surface area (TPSA) is 47.6 Å². The van der Waals surface area contributed by atoms with Gasteiger partial charge in [-0.3, -0.25) is 4.79 Å². The van der Waals surface area contributed by atoms with E-state index < -0.39 is 0 Å². The van der Waals surface area contributed by atoms with Gasteiger partial charge in [-0.25, -0.2) is 0 Å². The van der Waals surface area contributed by atoms with E-state index in [1.165, 1.54) is 0 Å². The molecule has 1 amide bonds. The molecule has 3 rings (SSSR count). The van der Waals surface area contributed by atoms with E-state index in [9.17, 15) is 4.79 Å². The lowest BCUT2D eigenvalue weighted by molar-refractivity contribution is -0.121. The molecule has 0 atom stereocenters. The van der Waals surface area contributed by atoms with Gasteiger partial charge < -0.3 is 14.8 Å². The van der Waals surface area contributed by atoms with Crippen molar-refractivity contribution in [3.8, 4) is 11.5 Å². The summed E-state index contributed by atoms with van der Waals surface area (Å²) in [5, 5.41) is 5.12. The molecule has 0 spiro atoms. The molecule has 0 bridgehead atoms. The zero-order chi connectivity index (χ0) is 18.9. The largest absolute Gasteiger partial charge is 0.494 e. The second kappa shape index (κ2) is 9.62. The standard InChI is InChI=1S/C23H25NO3/c1-18-7-4-10-20(17-18)26-15-6-13-23(25)24-14-16-27-22-12-5-9-19-8-2-3-11-21(19)22/h2-5,7-12,17H,6,13-16H2,1H3,(H,24,25). The third-order valence-corrected chi connectivity index (χ3v) is 4.24. The van der Waals surface area contributed by atoms with E-state index in [1.54, 1.807) is 0 Å². The first-order valence-corrected chi connectivity index (χ1v) is 9.29. The molecule has 0 aliphatic rings. The highest BCUT2D eigenvalue weighted by Gasteiger charge is 2.03. The van der Waals surface area contributed by atoms with E-state index >= 15 is 0 Å². The van der Waals surface area contributed by atoms with Crippen LogP contribution in [0.5, 0.6) is 11.5 Å². The number of nitrogens with one attached hydrogen (secondary N) is 1. The van der Waals surface area contributed by atoms with Gasteiger partial charge in [0.15, 0.2) is 0 Å². The van der Waals surface area contributed by atoms with Crippen molar-refractivity contribution in [2.24, 2.45) is 0 Å². The van der Waals surface area contributed by atoms with Crippen LogP contribution in [0, 0.1) is 6.92 Å². The first-order chi connectivity index (χ1) is 13.2. The maximum Gasteiger partial charge on any atom is 0.220 e. The Kier molecular flexibility index (Phi) is 6.69. The predicted octanol–water partition coefficient (Wildman–Crippen LogP) is 4.50. The van der Waals surface area contributed by atoms with Crippen LogP contribution >= 0.6 is 0 Å². The van der Waals surface area contributed by atoms with Crippen LogP contribution in [0.1, 0.15) is 18.4 Å². The SMILES string of the molecule is Cc1cccc(OCCCC(=O)NCCOc2cccc3ccccc23)c1. The van der Waals surface area contributed by atoms with Gasteiger partial charge in [0.05, 0.1) is 13.2 Å². The molecule has 4 nitrogen and oxygen atoms in total. The molecule has 0 unspecified atom stereocenters. The Hall–Kier alpha value is -3.01. The lowest BCUT2D eigenvalue weighted by Crippen LogP contribution is -2.28. The minimum atomic E-state index is 0.0179. The number of carbonyl (C=O) groups is 1. The van der Waals surface area contributed by atoms with E-state index in [0.717, 1.165) is 27.8 Å². The second-order valence-corrected chi connectivity index (χ2v) is 6.44. The van der Waals surface area contributed by atoms with Gasteiger partial charge in [0, 0.05) is 11.8 Å². The third-order valence-electron chi connectivity index (χ3n) is 4.24. The van der Waals surface area contributed by atoms with Crippen LogP contribution in [0.2, 0.25) is 0 Å². The van der Waals surface area contributed by atoms with Crippen LogP contribution in [0.3, 0.4) is 0 Å². The van der Waals surface area contributed by atoms with Crippen molar-refractivity contribution in [1.29, 1.82) is 0 Å². The smallest absolute Gasteiger partial charge is 0.220 e. The van der Waals surface area contributed by atoms with Crippen LogP contribution in [-0.2, 0) is 4.79 Å². The number of amides is 1. The van der Waals surface area contributed by atoms with E-state index in [1.807, 2.05) is 61.5 Å². The van der Waals surface area contributed by atoms with Crippen LogP contribution < -0.4 is 14.8 Å². The molecular formula is C23H25NO3. The minimum Gasteiger partial charge on any atom is -0.494 e. The average molecular weight is 363 g/mol. The van der Waals surface area contributed by atoms with E-state index in [-0.39, 0.29) is 5.91 Å². The maximum atomic E-state index is 11.9. The van der Waals surface area contributed by atoms with Crippen molar-refractivity contribution >= 4 is 16.7 Å². The van der Waals surface area contributed by atoms with Gasteiger partial charge in [-0.2, -0.15) is 0 Å². The zero-order valence-corrected chi connectivity index (χ0v) is 15.6. The number of hydrogen-bond donors (Lipinski definition) is 1. The Balaban J connectivity index is 1.32. The molecule has 1 N–H and O–H groups in total. The van der Waals surface area contributed by atoms with Gasteiger partial charge >= 0.3 is 0 Å². The first kappa shape index (κ1) is 18.8. The van der Waals surface area contributed by atoms with Crippen LogP contribution in [-0.4, -0.2) is 25.7 Å². The van der Waals surface area contributed by atoms with Gasteiger partial charge in [0.1, 0.15) is 18.1 Å². The lowest BCUT2D eigenvalue weighted by Gasteiger charge is -2.10. The summed E-state index contributed by atoms with van der Waals surface area (Å²) in [6.45, 7) is 3.49. The van der Waals surface area contributed by atoms with Crippen LogP contribution in [0.4, 0.5) is 0 Å². The predicted molar refractivity (Wildman–Crippen MR) is 108 cm³/mol. The summed E-state index contributed by atoms with van der Waals surface area (Å²) in [6, 6.07) is 22.0. The van der Waals surface area contributed by atoms with Crippen molar-refractivity contribution in [2.75, 3.05) is 19.8 Å². The summed E-state index contributed by atoms with van der Waals surface area (Å²) >= 11 is 0. The van der Waals surface area contributed by atoms with Crippen molar-refractivity contribution in [3.05, 3.63) is 72.3 Å². The molecule has 4 heteroatoms. The highest BCUT2D eigenvalue weighted by atomic mass is 16.5. The summed E-state index contributed by atoms with van der Waals surface area (Å²) in [5.74, 6) is 1.71. The first-order valence-electron chi connectivity index (χ1n) is 9.29. The van der Waals surface area contributed by atoms with Crippen molar-refractivity contribution in [2.45, 2.75) is 19.8 Å². The summed E-state index contributed by atoms with van der Waals surface area (Å²) < 4.78 is 11.5. The molecule has 0 saturated carbocycles. The summed E-state index contributed by atoms with van der Waals surface area (Å²) in [5.41, 5.74) is 1.16. The Morgan fingerprint density at radius 1 is 0.926 bits per heavy atom. The molecule has 0 aliphatic carbocycles. The van der Waals surface area contributed by atoms with Gasteiger partial charge in [-0.1, -0.05) is 48.5 Å². The average Bonchev–Trinajstić information content (AvgIpc) is 2.69. The highest BCUT2D eigenvalue weighted by molar-refractivity contribution is 5.88. The molecule has 0 radical (unpaired) electrons. The Morgan fingerprint density at radius 3 is 2.63 bits per heavy atom. The Labute approximate surface area is 160 Å². The molecular weight excluding hydrogens is 338 g/mol. The Morgan fingerprint density at radius 2 is 1.74 bits per heavy atom. The molecule has 0 aromatic heterocycles. The fraction of sp³-hybridized carbons (Fsp3) is 0.261. The molecule has 0 saturated heterocycles. The van der Waals surface area contributed by atoms with E-state index in [0.29, 0.717) is 32.6 Å².